The molecule has 1 saturated heterocycles. The molecule has 0 aliphatic carbocycles. The molecule has 2 aromatic heterocycles. The highest BCUT2D eigenvalue weighted by Gasteiger charge is 2.37. The van der Waals surface area contributed by atoms with Crippen LogP contribution in [0.15, 0.2) is 207 Å². The first-order valence-electron chi connectivity index (χ1n) is 28.8. The van der Waals surface area contributed by atoms with Gasteiger partial charge in [-0.2, -0.15) is 0 Å². The van der Waals surface area contributed by atoms with Crippen LogP contribution in [0.2, 0.25) is 0 Å². The monoisotopic (exact) mass is 1150 g/mol. The van der Waals surface area contributed by atoms with Gasteiger partial charge in [-0.25, -0.2) is 4.98 Å². The lowest BCUT2D eigenvalue weighted by atomic mass is 9.76. The van der Waals surface area contributed by atoms with Crippen molar-refractivity contribution in [3.8, 4) is 33.9 Å². The van der Waals surface area contributed by atoms with Crippen LogP contribution in [0.25, 0.3) is 33.9 Å². The summed E-state index contributed by atoms with van der Waals surface area (Å²) in [5.41, 5.74) is 12.0. The zero-order chi connectivity index (χ0) is 60.8. The van der Waals surface area contributed by atoms with Crippen molar-refractivity contribution in [2.24, 2.45) is 5.73 Å². The molecule has 1 unspecified atom stereocenters. The zero-order valence-electron chi connectivity index (χ0n) is 49.3. The van der Waals surface area contributed by atoms with Crippen molar-refractivity contribution < 1.29 is 48.2 Å². The van der Waals surface area contributed by atoms with Crippen LogP contribution in [0.4, 0.5) is 0 Å². The Bertz CT molecular complexity index is 3310. The summed E-state index contributed by atoms with van der Waals surface area (Å²) in [6.45, 7) is 11.9. The van der Waals surface area contributed by atoms with E-state index >= 15 is 0 Å². The molecule has 1 aliphatic heterocycles. The number of rotatable bonds is 20. The standard InChI is InChI=1S/C31H35N3O4.C21H17NO2.C17H26BNO4/c1-31(2,3)38-27(37)21-26(36)20-25(35)16-19-34-29(23-10-6-4-7-11-23)28(22-14-17-32-18-15-22)33-30(34)24-12-8-5-9-13-24;23-20(17-12-6-2-7-13-17)19(16-10-4-1-5-11-16)22-21(24)18-14-8-3-9-15-18;1-17(2,3)21-16(20)12-15-11-14(9-10-19)22-18(23-15)13-7-5-4-6-8-13/h4-15,17-18,25-26,35-36H,16,19-21H2,1-3H3;1-15,19H,(H,22,24);4-8,14-15H,9-12,19H2,1-3H3/t25-,26-;;14-,15-/m1.1/s1. The summed E-state index contributed by atoms with van der Waals surface area (Å²) >= 11 is 0. The van der Waals surface area contributed by atoms with Crippen molar-refractivity contribution in [2.75, 3.05) is 6.54 Å². The third kappa shape index (κ3) is 20.4. The number of amides is 1. The minimum absolute atomic E-state index is 0.00797. The SMILES string of the molecule is CC(C)(C)OC(=O)C[C@H](O)C[C@H](O)CCn1c(-c2ccccc2)nc(-c2ccncc2)c1-c1ccccc1.CC(C)(C)OC(=O)C[C@H]1C[C@@H](CCN)OB(c2ccccc2)O1.O=C(NC(C(=O)c1ccccc1)c1ccccc1)c1ccccc1. The van der Waals surface area contributed by atoms with Gasteiger partial charge < -0.3 is 44.6 Å². The maximum Gasteiger partial charge on any atom is 0.494 e. The van der Waals surface area contributed by atoms with Gasteiger partial charge in [0.1, 0.15) is 23.1 Å². The van der Waals surface area contributed by atoms with Crippen LogP contribution in [-0.2, 0) is 34.9 Å². The van der Waals surface area contributed by atoms with E-state index in [1.165, 1.54) is 0 Å². The number of Topliss-reactive ketones (excluding diaryl/α,β-unsaturated/α-hetero) is 1. The summed E-state index contributed by atoms with van der Waals surface area (Å²) in [6, 6.07) is 60.1. The minimum atomic E-state index is -0.989. The number of hydrogen-bond donors (Lipinski definition) is 4. The van der Waals surface area contributed by atoms with Gasteiger partial charge >= 0.3 is 19.1 Å². The molecule has 6 aromatic carbocycles. The van der Waals surface area contributed by atoms with Gasteiger partial charge in [0.15, 0.2) is 5.78 Å². The average Bonchev–Trinajstić information content (AvgIpc) is 2.50. The van der Waals surface area contributed by atoms with Gasteiger partial charge in [-0.05, 0) is 109 Å². The van der Waals surface area contributed by atoms with Crippen LogP contribution in [0.1, 0.15) is 112 Å². The maximum atomic E-state index is 12.9. The van der Waals surface area contributed by atoms with Gasteiger partial charge in [-0.1, -0.05) is 170 Å². The summed E-state index contributed by atoms with van der Waals surface area (Å²) in [7, 11) is -0.464. The smallest absolute Gasteiger partial charge is 0.460 e. The van der Waals surface area contributed by atoms with Crippen LogP contribution in [-0.4, -0.2) is 97.7 Å². The lowest BCUT2D eigenvalue weighted by molar-refractivity contribution is -0.158. The van der Waals surface area contributed by atoms with Gasteiger partial charge in [0, 0.05) is 52.9 Å². The van der Waals surface area contributed by atoms with Crippen LogP contribution in [0.3, 0.4) is 0 Å². The lowest BCUT2D eigenvalue weighted by Crippen LogP contribution is -2.49. The van der Waals surface area contributed by atoms with Gasteiger partial charge in [0.25, 0.3) is 5.91 Å². The number of pyridine rings is 1. The molecule has 16 heteroatoms. The fourth-order valence-corrected chi connectivity index (χ4v) is 9.59. The van der Waals surface area contributed by atoms with E-state index in [0.717, 1.165) is 51.3 Å². The molecule has 0 spiro atoms. The van der Waals surface area contributed by atoms with E-state index in [1.54, 1.807) is 69.6 Å². The molecule has 1 fully saturated rings. The Kier molecular flexibility index (Phi) is 23.8. The van der Waals surface area contributed by atoms with Crippen molar-refractivity contribution in [3.63, 3.8) is 0 Å². The van der Waals surface area contributed by atoms with E-state index in [9.17, 15) is 29.4 Å². The molecule has 5 atom stereocenters. The van der Waals surface area contributed by atoms with E-state index in [-0.39, 0.29) is 49.1 Å². The molecular weight excluding hydrogens is 1070 g/mol. The third-order valence-corrected chi connectivity index (χ3v) is 13.4. The average molecular weight is 1150 g/mol. The molecule has 5 N–H and O–H groups in total. The Morgan fingerprint density at radius 1 is 0.635 bits per heavy atom. The summed E-state index contributed by atoms with van der Waals surface area (Å²) in [5, 5.41) is 24.1. The molecule has 85 heavy (non-hydrogen) atoms. The highest BCUT2D eigenvalue weighted by atomic mass is 16.6. The molecule has 0 radical (unpaired) electrons. The first-order valence-corrected chi connectivity index (χ1v) is 28.8. The summed E-state index contributed by atoms with van der Waals surface area (Å²) in [6.07, 6.45) is 3.39. The zero-order valence-corrected chi connectivity index (χ0v) is 49.3. The minimum Gasteiger partial charge on any atom is -0.460 e. The van der Waals surface area contributed by atoms with E-state index in [4.69, 9.17) is 29.5 Å². The van der Waals surface area contributed by atoms with Crippen molar-refractivity contribution in [1.29, 1.82) is 0 Å². The van der Waals surface area contributed by atoms with Gasteiger partial charge in [0.2, 0.25) is 0 Å². The number of ketones is 1. The van der Waals surface area contributed by atoms with E-state index in [0.29, 0.717) is 37.1 Å². The second-order valence-electron chi connectivity index (χ2n) is 22.7. The molecule has 3 heterocycles. The van der Waals surface area contributed by atoms with Crippen molar-refractivity contribution in [2.45, 2.75) is 128 Å². The van der Waals surface area contributed by atoms with Crippen LogP contribution < -0.4 is 16.5 Å². The fourth-order valence-electron chi connectivity index (χ4n) is 9.59. The number of ether oxygens (including phenoxy) is 2. The summed E-state index contributed by atoms with van der Waals surface area (Å²) < 4.78 is 24.8. The number of esters is 2. The number of aliphatic hydroxyl groups is 2. The number of aliphatic hydroxyl groups excluding tert-OH is 2. The number of carbonyl (C=O) groups excluding carboxylic acids is 4. The first-order chi connectivity index (χ1) is 40.8. The molecule has 442 valence electrons. The molecule has 1 amide bonds. The molecular formula is C69H78BN5O10. The largest absolute Gasteiger partial charge is 0.494 e. The number of nitrogens with zero attached hydrogens (tertiary/aromatic N) is 3. The molecule has 8 aromatic rings. The predicted octanol–water partition coefficient (Wildman–Crippen LogP) is 11.2. The summed E-state index contributed by atoms with van der Waals surface area (Å²) in [5.74, 6) is -0.341. The molecule has 15 nitrogen and oxygen atoms in total. The number of hydrogen-bond acceptors (Lipinski definition) is 13. The van der Waals surface area contributed by atoms with Crippen molar-refractivity contribution in [1.82, 2.24) is 19.9 Å². The molecule has 9 rings (SSSR count). The fraction of sp³-hybridized carbons (Fsp3) is 0.304. The third-order valence-electron chi connectivity index (χ3n) is 13.4. The number of nitrogens with two attached hydrogens (primary N) is 1. The Balaban J connectivity index is 0.000000192. The second-order valence-corrected chi connectivity index (χ2v) is 22.7. The second kappa shape index (κ2) is 31.5. The number of imidazole rings is 1. The summed E-state index contributed by atoms with van der Waals surface area (Å²) in [4.78, 5) is 58.8. The van der Waals surface area contributed by atoms with Crippen molar-refractivity contribution >= 4 is 36.2 Å². The lowest BCUT2D eigenvalue weighted by Gasteiger charge is -2.34. The molecule has 0 saturated carbocycles. The Hall–Kier alpha value is -8.38. The number of nitrogens with one attached hydrogen (secondary N) is 1. The highest BCUT2D eigenvalue weighted by Crippen LogP contribution is 2.37. The van der Waals surface area contributed by atoms with E-state index < -0.39 is 42.5 Å². The normalized spacial score (nSPS) is 15.1. The quantitative estimate of drug-likeness (QED) is 0.0318. The van der Waals surface area contributed by atoms with Gasteiger partial charge in [0.05, 0.1) is 42.5 Å². The number of benzene rings is 6. The van der Waals surface area contributed by atoms with E-state index in [2.05, 4.69) is 14.9 Å². The Morgan fingerprint density at radius 3 is 1.71 bits per heavy atom. The van der Waals surface area contributed by atoms with E-state index in [1.807, 2.05) is 178 Å². The predicted molar refractivity (Wildman–Crippen MR) is 332 cm³/mol. The van der Waals surface area contributed by atoms with Gasteiger partial charge in [-0.15, -0.1) is 0 Å². The molecule has 1 aliphatic rings. The van der Waals surface area contributed by atoms with Gasteiger partial charge in [-0.3, -0.25) is 24.2 Å². The molecule has 0 bridgehead atoms. The Morgan fingerprint density at radius 2 is 1.14 bits per heavy atom. The van der Waals surface area contributed by atoms with Crippen LogP contribution >= 0.6 is 0 Å². The van der Waals surface area contributed by atoms with Crippen LogP contribution in [0.5, 0.6) is 0 Å². The first kappa shape index (κ1) is 64.2. The highest BCUT2D eigenvalue weighted by molar-refractivity contribution is 6.61. The Labute approximate surface area is 499 Å². The maximum absolute atomic E-state index is 12.9. The van der Waals surface area contributed by atoms with Crippen molar-refractivity contribution in [3.05, 3.63) is 223 Å². The number of aromatic nitrogens is 3. The van der Waals surface area contributed by atoms with Crippen LogP contribution in [0, 0.1) is 0 Å². The topological polar surface area (TPSA) is 214 Å². The number of carbonyl (C=O) groups is 4.